The lowest BCUT2D eigenvalue weighted by atomic mass is 10.0. The topological polar surface area (TPSA) is 73.6 Å². The molecule has 0 aliphatic carbocycles. The number of hydrogen-bond acceptors (Lipinski definition) is 5. The number of amidine groups is 1. The maximum atomic E-state index is 13.2. The maximum absolute atomic E-state index is 13.2. The number of aliphatic imine (C=N–C) groups is 1. The van der Waals surface area contributed by atoms with Crippen molar-refractivity contribution < 1.29 is 18.3 Å². The Hall–Kier alpha value is -2.68. The molecule has 1 aliphatic rings. The zero-order valence-electron chi connectivity index (χ0n) is 13.6. The van der Waals surface area contributed by atoms with Crippen molar-refractivity contribution in [3.63, 3.8) is 0 Å². The first-order chi connectivity index (χ1) is 11.9. The van der Waals surface area contributed by atoms with E-state index in [2.05, 4.69) is 20.3 Å². The molecule has 0 fully saturated rings. The van der Waals surface area contributed by atoms with Crippen LogP contribution < -0.4 is 10.2 Å². The number of alkyl halides is 3. The van der Waals surface area contributed by atoms with Gasteiger partial charge in [-0.05, 0) is 30.7 Å². The predicted octanol–water partition coefficient (Wildman–Crippen LogP) is 2.37. The minimum atomic E-state index is -4.62. The van der Waals surface area contributed by atoms with Crippen LogP contribution in [0.5, 0.6) is 0 Å². The second-order valence-electron chi connectivity index (χ2n) is 5.46. The Morgan fingerprint density at radius 1 is 1.40 bits per heavy atom. The van der Waals surface area contributed by atoms with Gasteiger partial charge >= 0.3 is 6.18 Å². The fraction of sp³-hybridized carbons (Fsp3) is 0.312. The third-order valence-corrected chi connectivity index (χ3v) is 3.93. The first kappa shape index (κ1) is 17.2. The molecule has 3 rings (SSSR count). The molecule has 0 spiro atoms. The highest BCUT2D eigenvalue weighted by atomic mass is 19.4. The molecule has 0 bridgehead atoms. The number of rotatable bonds is 2. The second-order valence-corrected chi connectivity index (χ2v) is 5.46. The van der Waals surface area contributed by atoms with Crippen LogP contribution in [0.4, 0.5) is 24.7 Å². The molecule has 0 unspecified atom stereocenters. The van der Waals surface area contributed by atoms with Crippen molar-refractivity contribution in [3.8, 4) is 0 Å². The van der Waals surface area contributed by atoms with Gasteiger partial charge in [-0.15, -0.1) is 0 Å². The molecule has 0 saturated heterocycles. The van der Waals surface area contributed by atoms with E-state index in [-0.39, 0.29) is 18.1 Å². The number of nitrogens with one attached hydrogen (secondary N) is 1. The molecular formula is C16H16F3N5O. The summed E-state index contributed by atoms with van der Waals surface area (Å²) < 4.78 is 39.7. The van der Waals surface area contributed by atoms with Gasteiger partial charge in [0.2, 0.25) is 0 Å². The van der Waals surface area contributed by atoms with E-state index >= 15 is 0 Å². The molecule has 0 atom stereocenters. The van der Waals surface area contributed by atoms with Gasteiger partial charge in [-0.2, -0.15) is 13.2 Å². The van der Waals surface area contributed by atoms with Crippen molar-refractivity contribution >= 4 is 17.3 Å². The highest BCUT2D eigenvalue weighted by molar-refractivity contribution is 6.06. The summed E-state index contributed by atoms with van der Waals surface area (Å²) in [6.45, 7) is 1.39. The van der Waals surface area contributed by atoms with Gasteiger partial charge in [0, 0.05) is 13.2 Å². The maximum Gasteiger partial charge on any atom is 0.433 e. The summed E-state index contributed by atoms with van der Waals surface area (Å²) in [6.07, 6.45) is -3.02. The third-order valence-electron chi connectivity index (χ3n) is 3.93. The number of aliphatic hydroxyl groups excluding tert-OH is 1. The predicted molar refractivity (Wildman–Crippen MR) is 86.7 cm³/mol. The zero-order chi connectivity index (χ0) is 18.2. The van der Waals surface area contributed by atoms with Crippen LogP contribution in [-0.4, -0.2) is 34.6 Å². The van der Waals surface area contributed by atoms with Crippen LogP contribution in [0, 0.1) is 6.92 Å². The van der Waals surface area contributed by atoms with Gasteiger partial charge in [0.15, 0.2) is 0 Å². The Morgan fingerprint density at radius 3 is 2.76 bits per heavy atom. The fourth-order valence-corrected chi connectivity index (χ4v) is 2.77. The summed E-state index contributed by atoms with van der Waals surface area (Å²) >= 11 is 0. The molecule has 1 aliphatic heterocycles. The number of aromatic nitrogens is 2. The SMILES string of the molecule is CN=C1NCN(c2cccnc2C)c2nc(C(F)(F)F)cc(CO)c21. The van der Waals surface area contributed by atoms with Crippen LogP contribution in [0.15, 0.2) is 29.4 Å². The van der Waals surface area contributed by atoms with E-state index in [9.17, 15) is 18.3 Å². The summed E-state index contributed by atoms with van der Waals surface area (Å²) in [6, 6.07) is 4.31. The van der Waals surface area contributed by atoms with Gasteiger partial charge in [-0.25, -0.2) is 4.98 Å². The Labute approximate surface area is 142 Å². The fourth-order valence-electron chi connectivity index (χ4n) is 2.77. The average molecular weight is 351 g/mol. The Kier molecular flexibility index (Phi) is 4.34. The molecule has 25 heavy (non-hydrogen) atoms. The number of halogens is 3. The first-order valence-corrected chi connectivity index (χ1v) is 7.49. The van der Waals surface area contributed by atoms with Crippen LogP contribution in [0.2, 0.25) is 0 Å². The minimum absolute atomic E-state index is 0.0920. The lowest BCUT2D eigenvalue weighted by Crippen LogP contribution is -2.43. The Morgan fingerprint density at radius 2 is 2.16 bits per heavy atom. The van der Waals surface area contributed by atoms with Crippen molar-refractivity contribution in [2.45, 2.75) is 19.7 Å². The number of nitrogens with zero attached hydrogens (tertiary/aromatic N) is 4. The van der Waals surface area contributed by atoms with E-state index < -0.39 is 18.5 Å². The Bertz CT molecular complexity index is 835. The molecule has 6 nitrogen and oxygen atoms in total. The third kappa shape index (κ3) is 3.02. The standard InChI is InChI=1S/C16H16F3N5O/c1-9-11(4-3-5-21-9)24-8-22-14(20-2)13-10(7-25)6-12(16(17,18)19)23-15(13)24/h3-6,25H,7-8H2,1-2H3,(H,20,22). The van der Waals surface area contributed by atoms with Gasteiger partial charge in [0.05, 0.1) is 30.2 Å². The smallest absolute Gasteiger partial charge is 0.392 e. The number of fused-ring (bicyclic) bond motifs is 1. The van der Waals surface area contributed by atoms with Crippen molar-refractivity contribution in [1.82, 2.24) is 15.3 Å². The molecule has 0 saturated carbocycles. The summed E-state index contributed by atoms with van der Waals surface area (Å²) in [7, 11) is 1.52. The van der Waals surface area contributed by atoms with Crippen molar-refractivity contribution in [1.29, 1.82) is 0 Å². The van der Waals surface area contributed by atoms with Crippen molar-refractivity contribution in [2.75, 3.05) is 18.6 Å². The van der Waals surface area contributed by atoms with Gasteiger partial charge in [-0.1, -0.05) is 0 Å². The zero-order valence-corrected chi connectivity index (χ0v) is 13.6. The lowest BCUT2D eigenvalue weighted by Gasteiger charge is -2.34. The largest absolute Gasteiger partial charge is 0.433 e. The molecular weight excluding hydrogens is 335 g/mol. The van der Waals surface area contributed by atoms with Crippen LogP contribution in [0.1, 0.15) is 22.5 Å². The molecule has 2 aromatic rings. The highest BCUT2D eigenvalue weighted by Crippen LogP contribution is 2.37. The Balaban J connectivity index is 2.28. The van der Waals surface area contributed by atoms with E-state index in [4.69, 9.17) is 0 Å². The van der Waals surface area contributed by atoms with Crippen molar-refractivity contribution in [3.05, 3.63) is 46.9 Å². The van der Waals surface area contributed by atoms with E-state index in [0.717, 1.165) is 6.07 Å². The monoisotopic (exact) mass is 351 g/mol. The number of aliphatic hydroxyl groups is 1. The van der Waals surface area contributed by atoms with E-state index in [1.807, 2.05) is 0 Å². The molecule has 2 aromatic heterocycles. The first-order valence-electron chi connectivity index (χ1n) is 7.49. The number of pyridine rings is 2. The van der Waals surface area contributed by atoms with E-state index in [0.29, 0.717) is 22.8 Å². The summed E-state index contributed by atoms with van der Waals surface area (Å²) in [4.78, 5) is 13.7. The number of anilines is 2. The van der Waals surface area contributed by atoms with E-state index in [1.165, 1.54) is 7.05 Å². The van der Waals surface area contributed by atoms with Gasteiger partial charge in [-0.3, -0.25) is 9.98 Å². The van der Waals surface area contributed by atoms with Crippen LogP contribution in [0.3, 0.4) is 0 Å². The number of hydrogen-bond donors (Lipinski definition) is 2. The van der Waals surface area contributed by atoms with Crippen molar-refractivity contribution in [2.24, 2.45) is 4.99 Å². The summed E-state index contributed by atoms with van der Waals surface area (Å²) in [5, 5.41) is 12.6. The summed E-state index contributed by atoms with van der Waals surface area (Å²) in [5.74, 6) is 0.479. The van der Waals surface area contributed by atoms with Gasteiger partial charge in [0.1, 0.15) is 17.3 Å². The normalized spacial score (nSPS) is 15.9. The highest BCUT2D eigenvalue weighted by Gasteiger charge is 2.37. The lowest BCUT2D eigenvalue weighted by molar-refractivity contribution is -0.141. The van der Waals surface area contributed by atoms with Crippen LogP contribution in [-0.2, 0) is 12.8 Å². The second kappa shape index (κ2) is 6.32. The molecule has 0 radical (unpaired) electrons. The van der Waals surface area contributed by atoms with Crippen LogP contribution >= 0.6 is 0 Å². The van der Waals surface area contributed by atoms with Gasteiger partial charge in [0.25, 0.3) is 0 Å². The molecule has 0 amide bonds. The van der Waals surface area contributed by atoms with Crippen LogP contribution in [0.25, 0.3) is 0 Å². The minimum Gasteiger partial charge on any atom is -0.392 e. The number of aryl methyl sites for hydroxylation is 1. The molecule has 9 heteroatoms. The molecule has 0 aromatic carbocycles. The summed E-state index contributed by atoms with van der Waals surface area (Å²) in [5.41, 5.74) is 0.683. The average Bonchev–Trinajstić information content (AvgIpc) is 2.59. The quantitative estimate of drug-likeness (QED) is 0.869. The van der Waals surface area contributed by atoms with Gasteiger partial charge < -0.3 is 15.3 Å². The molecule has 2 N–H and O–H groups in total. The molecule has 132 valence electrons. The molecule has 3 heterocycles. The van der Waals surface area contributed by atoms with E-state index in [1.54, 1.807) is 30.2 Å².